The number of benzene rings is 3. The Morgan fingerprint density at radius 2 is 1.52 bits per heavy atom. The Morgan fingerprint density at radius 3 is 2.27 bits per heavy atom. The van der Waals surface area contributed by atoms with Crippen LogP contribution < -0.4 is 9.47 Å². The summed E-state index contributed by atoms with van der Waals surface area (Å²) in [5.74, 6) is 1.96. The highest BCUT2D eigenvalue weighted by molar-refractivity contribution is 6.00. The second kappa shape index (κ2) is 9.59. The van der Waals surface area contributed by atoms with Gasteiger partial charge in [-0.15, -0.1) is 0 Å². The van der Waals surface area contributed by atoms with Crippen molar-refractivity contribution in [1.29, 1.82) is 0 Å². The highest BCUT2D eigenvalue weighted by atomic mass is 16.5. The number of phenolic OH excluding ortho intramolecular Hbond substituents is 2. The third-order valence-corrected chi connectivity index (χ3v) is 6.38. The molecule has 2 N–H and O–H groups in total. The number of nitrogens with zero attached hydrogens (tertiary/aromatic N) is 1. The van der Waals surface area contributed by atoms with Gasteiger partial charge in [0, 0.05) is 24.6 Å². The molecule has 2 heterocycles. The maximum Gasteiger partial charge on any atom is 0.130 e. The third kappa shape index (κ3) is 4.83. The maximum atomic E-state index is 10.0. The highest BCUT2D eigenvalue weighted by Gasteiger charge is 2.21. The largest absolute Gasteiger partial charge is 0.508 e. The zero-order chi connectivity index (χ0) is 22.6. The molecule has 3 aromatic rings. The Hall–Kier alpha value is -3.44. The van der Waals surface area contributed by atoms with Gasteiger partial charge in [0.15, 0.2) is 0 Å². The number of fused-ring (bicyclic) bond motifs is 1. The fourth-order valence-corrected chi connectivity index (χ4v) is 4.69. The van der Waals surface area contributed by atoms with E-state index in [0.29, 0.717) is 25.4 Å². The number of rotatable bonds is 6. The van der Waals surface area contributed by atoms with Crippen LogP contribution in [0.15, 0.2) is 66.7 Å². The van der Waals surface area contributed by atoms with Crippen molar-refractivity contribution in [2.24, 2.45) is 0 Å². The molecule has 3 aromatic carbocycles. The second-order valence-electron chi connectivity index (χ2n) is 8.60. The van der Waals surface area contributed by atoms with Crippen molar-refractivity contribution in [2.45, 2.75) is 19.3 Å². The molecule has 0 atom stereocenters. The van der Waals surface area contributed by atoms with E-state index in [1.165, 1.54) is 25.9 Å². The van der Waals surface area contributed by atoms with Gasteiger partial charge in [-0.1, -0.05) is 24.3 Å². The van der Waals surface area contributed by atoms with Crippen molar-refractivity contribution in [3.63, 3.8) is 0 Å². The number of ether oxygens (including phenoxy) is 2. The van der Waals surface area contributed by atoms with Gasteiger partial charge in [-0.25, -0.2) is 0 Å². The molecular weight excluding hydrogens is 414 g/mol. The molecule has 1 saturated heterocycles. The number of aromatic hydroxyl groups is 2. The van der Waals surface area contributed by atoms with Gasteiger partial charge in [0.25, 0.3) is 0 Å². The molecule has 0 radical (unpaired) electrons. The van der Waals surface area contributed by atoms with E-state index in [2.05, 4.69) is 17.0 Å². The molecule has 0 bridgehead atoms. The summed E-state index contributed by atoms with van der Waals surface area (Å²) < 4.78 is 12.0. The molecule has 5 rings (SSSR count). The van der Waals surface area contributed by atoms with Crippen molar-refractivity contribution in [2.75, 3.05) is 32.8 Å². The van der Waals surface area contributed by atoms with Crippen LogP contribution >= 0.6 is 0 Å². The Bertz CT molecular complexity index is 1130. The first-order valence-corrected chi connectivity index (χ1v) is 11.6. The molecule has 0 amide bonds. The summed E-state index contributed by atoms with van der Waals surface area (Å²) in [6.45, 7) is 4.51. The normalized spacial score (nSPS) is 16.2. The Kier molecular flexibility index (Phi) is 6.22. The minimum Gasteiger partial charge on any atom is -0.508 e. The van der Waals surface area contributed by atoms with Crippen LogP contribution in [0.25, 0.3) is 11.1 Å². The zero-order valence-corrected chi connectivity index (χ0v) is 18.7. The lowest BCUT2D eigenvalue weighted by atomic mass is 9.88. The van der Waals surface area contributed by atoms with Crippen LogP contribution in [0.1, 0.15) is 36.0 Å². The number of phenols is 2. The molecule has 33 heavy (non-hydrogen) atoms. The molecule has 0 aromatic heterocycles. The quantitative estimate of drug-likeness (QED) is 0.540. The molecule has 170 valence electrons. The Balaban J connectivity index is 1.48. The van der Waals surface area contributed by atoms with Crippen LogP contribution in [0, 0.1) is 0 Å². The predicted molar refractivity (Wildman–Crippen MR) is 130 cm³/mol. The minimum atomic E-state index is 0.183. The van der Waals surface area contributed by atoms with Gasteiger partial charge in [-0.3, -0.25) is 4.90 Å². The van der Waals surface area contributed by atoms with Gasteiger partial charge >= 0.3 is 0 Å². The molecule has 2 aliphatic rings. The molecule has 1 fully saturated rings. The van der Waals surface area contributed by atoms with Gasteiger partial charge in [0.1, 0.15) is 29.6 Å². The van der Waals surface area contributed by atoms with E-state index >= 15 is 0 Å². The molecule has 2 aliphatic heterocycles. The number of hydrogen-bond acceptors (Lipinski definition) is 5. The summed E-state index contributed by atoms with van der Waals surface area (Å²) in [4.78, 5) is 2.45. The lowest BCUT2D eigenvalue weighted by Crippen LogP contribution is -2.25. The molecule has 5 heteroatoms. The highest BCUT2D eigenvalue weighted by Crippen LogP contribution is 2.42. The topological polar surface area (TPSA) is 62.2 Å². The molecule has 0 aliphatic carbocycles. The van der Waals surface area contributed by atoms with Crippen LogP contribution in [0.4, 0.5) is 0 Å². The van der Waals surface area contributed by atoms with E-state index in [0.717, 1.165) is 40.1 Å². The lowest BCUT2D eigenvalue weighted by molar-refractivity contribution is 0.238. The van der Waals surface area contributed by atoms with E-state index in [4.69, 9.17) is 9.47 Å². The molecule has 0 saturated carbocycles. The fraction of sp³-hybridized carbons (Fsp3) is 0.286. The summed E-state index contributed by atoms with van der Waals surface area (Å²) >= 11 is 0. The van der Waals surface area contributed by atoms with E-state index in [1.54, 1.807) is 24.3 Å². The minimum absolute atomic E-state index is 0.183. The molecule has 0 unspecified atom stereocenters. The van der Waals surface area contributed by atoms with Crippen molar-refractivity contribution >= 4 is 11.1 Å². The van der Waals surface area contributed by atoms with Crippen LogP contribution in [-0.4, -0.2) is 48.0 Å². The SMILES string of the molecule is Oc1ccc(C2=C(c3ccc(OCCN4CCCC4)cc3)c3ccc(O)cc3OCC2)cc1. The smallest absolute Gasteiger partial charge is 0.130 e. The average molecular weight is 444 g/mol. The van der Waals surface area contributed by atoms with Crippen molar-refractivity contribution in [3.8, 4) is 23.0 Å². The predicted octanol–water partition coefficient (Wildman–Crippen LogP) is 5.31. The van der Waals surface area contributed by atoms with Crippen LogP contribution in [0.3, 0.4) is 0 Å². The second-order valence-corrected chi connectivity index (χ2v) is 8.60. The molecule has 5 nitrogen and oxygen atoms in total. The number of hydrogen-bond donors (Lipinski definition) is 2. The maximum absolute atomic E-state index is 10.0. The monoisotopic (exact) mass is 443 g/mol. The third-order valence-electron chi connectivity index (χ3n) is 6.38. The zero-order valence-electron chi connectivity index (χ0n) is 18.7. The van der Waals surface area contributed by atoms with Gasteiger partial charge in [0.05, 0.1) is 6.61 Å². The van der Waals surface area contributed by atoms with Crippen LogP contribution in [-0.2, 0) is 0 Å². The van der Waals surface area contributed by atoms with Crippen molar-refractivity contribution in [1.82, 2.24) is 4.90 Å². The first-order chi connectivity index (χ1) is 16.2. The summed E-state index contributed by atoms with van der Waals surface area (Å²) in [7, 11) is 0. The van der Waals surface area contributed by atoms with Gasteiger partial charge in [-0.2, -0.15) is 0 Å². The van der Waals surface area contributed by atoms with E-state index in [-0.39, 0.29) is 11.5 Å². The molecular formula is C28H29NO4. The number of likely N-dealkylation sites (tertiary alicyclic amines) is 1. The van der Waals surface area contributed by atoms with Gasteiger partial charge in [0.2, 0.25) is 0 Å². The molecule has 0 spiro atoms. The average Bonchev–Trinajstić information content (AvgIpc) is 3.27. The van der Waals surface area contributed by atoms with E-state index in [1.807, 2.05) is 30.3 Å². The van der Waals surface area contributed by atoms with Crippen LogP contribution in [0.2, 0.25) is 0 Å². The summed E-state index contributed by atoms with van der Waals surface area (Å²) in [5.41, 5.74) is 5.25. The van der Waals surface area contributed by atoms with Gasteiger partial charge in [-0.05, 0) is 84.6 Å². The van der Waals surface area contributed by atoms with Crippen molar-refractivity contribution < 1.29 is 19.7 Å². The Labute approximate surface area is 194 Å². The van der Waals surface area contributed by atoms with E-state index < -0.39 is 0 Å². The summed E-state index contributed by atoms with van der Waals surface area (Å²) in [6.07, 6.45) is 3.29. The van der Waals surface area contributed by atoms with Crippen LogP contribution in [0.5, 0.6) is 23.0 Å². The Morgan fingerprint density at radius 1 is 0.818 bits per heavy atom. The lowest BCUT2D eigenvalue weighted by Gasteiger charge is -2.17. The standard InChI is InChI=1S/C28H29NO4/c30-22-7-3-20(4-8-22)25-13-17-33-27-19-23(31)9-12-26(27)28(25)21-5-10-24(11-6-21)32-18-16-29-14-1-2-15-29/h3-12,19,30-31H,1-2,13-18H2. The first kappa shape index (κ1) is 21.4. The fourth-order valence-electron chi connectivity index (χ4n) is 4.69. The van der Waals surface area contributed by atoms with Crippen molar-refractivity contribution in [3.05, 3.63) is 83.4 Å². The van der Waals surface area contributed by atoms with E-state index in [9.17, 15) is 10.2 Å². The summed E-state index contributed by atoms with van der Waals surface area (Å²) in [6, 6.07) is 20.8. The summed E-state index contributed by atoms with van der Waals surface area (Å²) in [5, 5.41) is 19.8. The van der Waals surface area contributed by atoms with Gasteiger partial charge < -0.3 is 19.7 Å². The first-order valence-electron chi connectivity index (χ1n) is 11.6.